The van der Waals surface area contributed by atoms with Crippen molar-refractivity contribution in [3.05, 3.63) is 80.4 Å². The van der Waals surface area contributed by atoms with Crippen LogP contribution < -0.4 is 0 Å². The smallest absolute Gasteiger partial charge is 0.225 e. The van der Waals surface area contributed by atoms with Gasteiger partial charge < -0.3 is 0 Å². The van der Waals surface area contributed by atoms with Gasteiger partial charge in [0, 0.05) is 29.3 Å². The number of allylic oxidation sites excluding steroid dienone is 4. The number of thiophene rings is 3. The number of hydrogen-bond donors (Lipinski definition) is 0. The number of nitrogens with zero attached hydrogens (tertiary/aromatic N) is 6. The van der Waals surface area contributed by atoms with Crippen molar-refractivity contribution in [1.29, 1.82) is 21.0 Å². The van der Waals surface area contributed by atoms with Gasteiger partial charge in [-0.05, 0) is 36.4 Å². The molecule has 3 heterocycles. The highest BCUT2D eigenvalue weighted by atomic mass is 32.1. The zero-order chi connectivity index (χ0) is 22.4. The fourth-order valence-electron chi connectivity index (χ4n) is 2.54. The van der Waals surface area contributed by atoms with E-state index in [0.717, 1.165) is 19.5 Å². The second-order valence-corrected chi connectivity index (χ2v) is 8.86. The van der Waals surface area contributed by atoms with Crippen LogP contribution in [0.1, 0.15) is 9.75 Å². The summed E-state index contributed by atoms with van der Waals surface area (Å²) in [7, 11) is 0. The van der Waals surface area contributed by atoms with Gasteiger partial charge >= 0.3 is 0 Å². The molecule has 6 nitrogen and oxygen atoms in total. The van der Waals surface area contributed by atoms with Gasteiger partial charge in [0.15, 0.2) is 0 Å². The average molecular weight is 451 g/mol. The summed E-state index contributed by atoms with van der Waals surface area (Å²) in [5.41, 5.74) is -0.326. The molecule has 0 radical (unpaired) electrons. The molecule has 0 atom stereocenters. The second kappa shape index (κ2) is 9.35. The highest BCUT2D eigenvalue weighted by molar-refractivity contribution is 7.27. The van der Waals surface area contributed by atoms with E-state index in [0.29, 0.717) is 9.75 Å². The first-order chi connectivity index (χ1) is 15.1. The summed E-state index contributed by atoms with van der Waals surface area (Å²) in [6.45, 7) is 14.1. The Labute approximate surface area is 190 Å². The van der Waals surface area contributed by atoms with E-state index >= 15 is 0 Å². The number of nitriles is 4. The second-order valence-electron chi connectivity index (χ2n) is 5.61. The van der Waals surface area contributed by atoms with Gasteiger partial charge in [0.25, 0.3) is 11.4 Å². The molecule has 0 aliphatic rings. The molecule has 0 unspecified atom stereocenters. The lowest BCUT2D eigenvalue weighted by Gasteiger charge is -1.94. The monoisotopic (exact) mass is 450 g/mol. The summed E-state index contributed by atoms with van der Waals surface area (Å²) in [6.07, 6.45) is 0. The quantitative estimate of drug-likeness (QED) is 0.331. The van der Waals surface area contributed by atoms with Crippen LogP contribution in [0.25, 0.3) is 40.3 Å². The Balaban J connectivity index is 1.96. The zero-order valence-electron chi connectivity index (χ0n) is 15.4. The molecule has 0 fully saturated rings. The SMILES string of the molecule is [C-]#[N+]/C(C#N)=C(/C#N)c1ccc(-c2ccc(-c3ccc(/C(C#N)=C(/C#N)[N+]#[C-])s3)s2)s1. The summed E-state index contributed by atoms with van der Waals surface area (Å²) >= 11 is 4.17. The van der Waals surface area contributed by atoms with Gasteiger partial charge in [-0.2, -0.15) is 10.5 Å². The Kier molecular flexibility index (Phi) is 6.40. The van der Waals surface area contributed by atoms with Crippen LogP contribution in [-0.4, -0.2) is 0 Å². The Morgan fingerprint density at radius 3 is 1.26 bits per heavy atom. The summed E-state index contributed by atoms with van der Waals surface area (Å²) in [6, 6.07) is 18.4. The van der Waals surface area contributed by atoms with Gasteiger partial charge in [-0.3, -0.25) is 0 Å². The molecule has 0 aromatic carbocycles. The molecular weight excluding hydrogens is 444 g/mol. The van der Waals surface area contributed by atoms with E-state index in [-0.39, 0.29) is 22.5 Å². The maximum absolute atomic E-state index is 9.33. The highest BCUT2D eigenvalue weighted by Crippen LogP contribution is 2.42. The normalized spacial score (nSPS) is 11.4. The van der Waals surface area contributed by atoms with Gasteiger partial charge in [-0.1, -0.05) is 0 Å². The molecule has 3 aromatic heterocycles. The van der Waals surface area contributed by atoms with Crippen molar-refractivity contribution in [2.24, 2.45) is 0 Å². The van der Waals surface area contributed by atoms with Crippen LogP contribution in [0.2, 0.25) is 0 Å². The average Bonchev–Trinajstić information content (AvgIpc) is 3.55. The fourth-order valence-corrected chi connectivity index (χ4v) is 5.73. The molecule has 0 aliphatic heterocycles. The van der Waals surface area contributed by atoms with Crippen LogP contribution in [0.3, 0.4) is 0 Å². The minimum atomic E-state index is -0.230. The first-order valence-corrected chi connectivity index (χ1v) is 10.7. The molecule has 0 N–H and O–H groups in total. The van der Waals surface area contributed by atoms with E-state index in [9.17, 15) is 10.5 Å². The lowest BCUT2D eigenvalue weighted by Crippen LogP contribution is -1.79. The first-order valence-electron chi connectivity index (χ1n) is 8.25. The third-order valence-electron chi connectivity index (χ3n) is 3.93. The zero-order valence-corrected chi connectivity index (χ0v) is 17.8. The van der Waals surface area contributed by atoms with Gasteiger partial charge in [0.05, 0.1) is 48.6 Å². The minimum Gasteiger partial charge on any atom is -0.225 e. The predicted octanol–water partition coefficient (Wildman–Crippen LogP) is 6.56. The van der Waals surface area contributed by atoms with E-state index in [2.05, 4.69) is 9.69 Å². The molecule has 3 rings (SSSR count). The van der Waals surface area contributed by atoms with Crippen molar-refractivity contribution >= 4 is 45.2 Å². The van der Waals surface area contributed by atoms with Crippen molar-refractivity contribution in [3.8, 4) is 43.8 Å². The van der Waals surface area contributed by atoms with Crippen molar-refractivity contribution in [2.75, 3.05) is 0 Å². The molecule has 0 bridgehead atoms. The van der Waals surface area contributed by atoms with E-state index in [1.54, 1.807) is 24.3 Å². The molecule has 0 saturated heterocycles. The number of rotatable bonds is 4. The lowest BCUT2D eigenvalue weighted by atomic mass is 10.2. The molecule has 0 spiro atoms. The third-order valence-corrected chi connectivity index (χ3v) is 7.61. The van der Waals surface area contributed by atoms with Crippen LogP contribution >= 0.6 is 34.0 Å². The summed E-state index contributed by atoms with van der Waals surface area (Å²) in [4.78, 5) is 11.1. The topological polar surface area (TPSA) is 104 Å². The van der Waals surface area contributed by atoms with Gasteiger partial charge in [0.1, 0.15) is 0 Å². The largest absolute Gasteiger partial charge is 0.280 e. The molecule has 0 saturated carbocycles. The summed E-state index contributed by atoms with van der Waals surface area (Å²) in [5, 5.41) is 36.7. The predicted molar refractivity (Wildman–Crippen MR) is 120 cm³/mol. The Hall–Kier alpha value is -4.48. The van der Waals surface area contributed by atoms with Gasteiger partial charge in [-0.15, -0.1) is 34.0 Å². The van der Waals surface area contributed by atoms with Crippen LogP contribution in [0.5, 0.6) is 0 Å². The highest BCUT2D eigenvalue weighted by Gasteiger charge is 2.16. The van der Waals surface area contributed by atoms with Crippen molar-refractivity contribution in [3.63, 3.8) is 0 Å². The van der Waals surface area contributed by atoms with E-state index < -0.39 is 0 Å². The van der Waals surface area contributed by atoms with E-state index in [4.69, 9.17) is 23.7 Å². The van der Waals surface area contributed by atoms with Crippen LogP contribution in [-0.2, 0) is 0 Å². The van der Waals surface area contributed by atoms with Gasteiger partial charge in [-0.25, -0.2) is 20.2 Å². The number of hydrogen-bond acceptors (Lipinski definition) is 7. The Morgan fingerprint density at radius 1 is 0.581 bits per heavy atom. The maximum Gasteiger partial charge on any atom is 0.280 e. The van der Waals surface area contributed by atoms with Crippen LogP contribution in [0.4, 0.5) is 0 Å². The van der Waals surface area contributed by atoms with E-state index in [1.165, 1.54) is 34.0 Å². The first kappa shape index (κ1) is 21.2. The summed E-state index contributed by atoms with van der Waals surface area (Å²) < 4.78 is 0. The van der Waals surface area contributed by atoms with Crippen molar-refractivity contribution in [1.82, 2.24) is 0 Å². The maximum atomic E-state index is 9.33. The van der Waals surface area contributed by atoms with Crippen molar-refractivity contribution in [2.45, 2.75) is 0 Å². The third kappa shape index (κ3) is 4.12. The van der Waals surface area contributed by atoms with Crippen molar-refractivity contribution < 1.29 is 0 Å². The Bertz CT molecular complexity index is 1360. The minimum absolute atomic E-state index is 0.0670. The molecular formula is C22H6N6S3. The molecule has 31 heavy (non-hydrogen) atoms. The fraction of sp³-hybridized carbons (Fsp3) is 0. The van der Waals surface area contributed by atoms with E-state index in [1.807, 2.05) is 36.4 Å². The molecule has 142 valence electrons. The molecule has 3 aromatic rings. The lowest BCUT2D eigenvalue weighted by molar-refractivity contribution is 1.49. The summed E-state index contributed by atoms with van der Waals surface area (Å²) in [5.74, 6) is 0. The molecule has 0 aliphatic carbocycles. The van der Waals surface area contributed by atoms with Gasteiger partial charge in [0.2, 0.25) is 0 Å². The molecule has 0 amide bonds. The standard InChI is InChI=1S/C22H6N6S3/c1-27-15(11-25)13(9-23)17-3-5-19(29-17)21-7-8-22(31-21)20-6-4-18(30-20)14(10-24)16(12-26)28-2/h3-8H/b15-13-,16-14-. The van der Waals surface area contributed by atoms with Crippen LogP contribution in [0, 0.1) is 58.5 Å². The van der Waals surface area contributed by atoms with Crippen LogP contribution in [0.15, 0.2) is 47.8 Å². The molecule has 9 heteroatoms. The Morgan fingerprint density at radius 2 is 0.935 bits per heavy atom.